The Balaban J connectivity index is 2.11. The first-order valence-electron chi connectivity index (χ1n) is 5.99. The second-order valence-electron chi connectivity index (χ2n) is 4.44. The van der Waals surface area contributed by atoms with Crippen LogP contribution in [0.3, 0.4) is 0 Å². The van der Waals surface area contributed by atoms with E-state index in [9.17, 15) is 4.79 Å². The maximum Gasteiger partial charge on any atom is 0.178 e. The van der Waals surface area contributed by atoms with E-state index in [1.165, 1.54) is 12.5 Å². The van der Waals surface area contributed by atoms with Crippen LogP contribution < -0.4 is 4.90 Å². The third-order valence-electron chi connectivity index (χ3n) is 2.86. The molecule has 4 heteroatoms. The molecule has 0 radical (unpaired) electrons. The molecule has 0 fully saturated rings. The molecule has 1 aromatic heterocycles. The van der Waals surface area contributed by atoms with Gasteiger partial charge < -0.3 is 4.90 Å². The molecule has 2 aromatic rings. The third-order valence-corrected chi connectivity index (χ3v) is 3.35. The Hall–Kier alpha value is -1.68. The van der Waals surface area contributed by atoms with Gasteiger partial charge in [0.25, 0.3) is 0 Å². The lowest BCUT2D eigenvalue weighted by molar-refractivity contribution is 0.101. The lowest BCUT2D eigenvalue weighted by Crippen LogP contribution is -2.16. The van der Waals surface area contributed by atoms with Crippen molar-refractivity contribution < 1.29 is 4.79 Å². The quantitative estimate of drug-likeness (QED) is 0.806. The van der Waals surface area contributed by atoms with Crippen molar-refractivity contribution in [3.63, 3.8) is 0 Å². The maximum atomic E-state index is 11.2. The Kier molecular flexibility index (Phi) is 4.32. The molecular weight excluding hydrogens is 304 g/mol. The lowest BCUT2D eigenvalue weighted by Gasteiger charge is -2.19. The Morgan fingerprint density at radius 3 is 2.68 bits per heavy atom. The van der Waals surface area contributed by atoms with Crippen molar-refractivity contribution in [2.24, 2.45) is 0 Å². The van der Waals surface area contributed by atoms with Crippen LogP contribution >= 0.6 is 15.9 Å². The fourth-order valence-corrected chi connectivity index (χ4v) is 2.27. The minimum absolute atomic E-state index is 0.0128. The summed E-state index contributed by atoms with van der Waals surface area (Å²) < 4.78 is 1.07. The van der Waals surface area contributed by atoms with Gasteiger partial charge in [-0.15, -0.1) is 0 Å². The minimum Gasteiger partial charge on any atom is -0.369 e. The van der Waals surface area contributed by atoms with Crippen molar-refractivity contribution in [3.05, 3.63) is 58.3 Å². The molecule has 0 aliphatic rings. The van der Waals surface area contributed by atoms with E-state index in [0.29, 0.717) is 5.69 Å². The van der Waals surface area contributed by atoms with Gasteiger partial charge in [0.2, 0.25) is 0 Å². The molecule has 0 amide bonds. The van der Waals surface area contributed by atoms with Gasteiger partial charge in [-0.25, -0.2) is 0 Å². The molecule has 0 saturated heterocycles. The van der Waals surface area contributed by atoms with Crippen molar-refractivity contribution in [1.82, 2.24) is 4.98 Å². The van der Waals surface area contributed by atoms with Gasteiger partial charge in [-0.1, -0.05) is 28.1 Å². The Morgan fingerprint density at radius 1 is 1.32 bits per heavy atom. The largest absolute Gasteiger partial charge is 0.369 e. The molecule has 1 aromatic carbocycles. The SMILES string of the molecule is CC(=O)c1ccc(N(C)Cc2cccc(Br)c2)cn1. The highest BCUT2D eigenvalue weighted by atomic mass is 79.9. The molecule has 3 nitrogen and oxygen atoms in total. The highest BCUT2D eigenvalue weighted by molar-refractivity contribution is 9.10. The van der Waals surface area contributed by atoms with Crippen molar-refractivity contribution in [1.29, 1.82) is 0 Å². The number of nitrogens with zero attached hydrogens (tertiary/aromatic N) is 2. The van der Waals surface area contributed by atoms with Crippen LogP contribution in [0.25, 0.3) is 0 Å². The van der Waals surface area contributed by atoms with Crippen molar-refractivity contribution in [3.8, 4) is 0 Å². The molecule has 0 bridgehead atoms. The predicted octanol–water partition coefficient (Wildman–Crippen LogP) is 3.68. The maximum absolute atomic E-state index is 11.2. The molecule has 0 spiro atoms. The molecule has 0 saturated carbocycles. The molecule has 2 rings (SSSR count). The minimum atomic E-state index is -0.0128. The van der Waals surface area contributed by atoms with Crippen LogP contribution in [0.5, 0.6) is 0 Å². The molecule has 1 heterocycles. The van der Waals surface area contributed by atoms with Crippen molar-refractivity contribution in [2.45, 2.75) is 13.5 Å². The summed E-state index contributed by atoms with van der Waals surface area (Å²) in [6.45, 7) is 2.31. The second-order valence-corrected chi connectivity index (χ2v) is 5.36. The number of halogens is 1. The van der Waals surface area contributed by atoms with Gasteiger partial charge in [0.1, 0.15) is 5.69 Å². The van der Waals surface area contributed by atoms with Crippen LogP contribution in [0.1, 0.15) is 23.0 Å². The highest BCUT2D eigenvalue weighted by Crippen LogP contribution is 2.17. The summed E-state index contributed by atoms with van der Waals surface area (Å²) in [6.07, 6.45) is 1.73. The van der Waals surface area contributed by atoms with Crippen LogP contribution in [0.15, 0.2) is 47.1 Å². The summed E-state index contributed by atoms with van der Waals surface area (Å²) in [5, 5.41) is 0. The molecule has 0 N–H and O–H groups in total. The van der Waals surface area contributed by atoms with Gasteiger partial charge in [0, 0.05) is 25.0 Å². The van der Waals surface area contributed by atoms with E-state index in [1.807, 2.05) is 25.2 Å². The van der Waals surface area contributed by atoms with Gasteiger partial charge in [-0.2, -0.15) is 0 Å². The first kappa shape index (κ1) is 13.7. The number of ketones is 1. The zero-order valence-electron chi connectivity index (χ0n) is 10.9. The molecule has 19 heavy (non-hydrogen) atoms. The smallest absolute Gasteiger partial charge is 0.178 e. The van der Waals surface area contributed by atoms with E-state index < -0.39 is 0 Å². The first-order valence-corrected chi connectivity index (χ1v) is 6.78. The number of anilines is 1. The number of hydrogen-bond donors (Lipinski definition) is 0. The fourth-order valence-electron chi connectivity index (χ4n) is 1.82. The van der Waals surface area contributed by atoms with Crippen LogP contribution in [-0.4, -0.2) is 17.8 Å². The summed E-state index contributed by atoms with van der Waals surface area (Å²) >= 11 is 3.47. The first-order chi connectivity index (χ1) is 9.06. The number of rotatable bonds is 4. The average molecular weight is 319 g/mol. The van der Waals surface area contributed by atoms with E-state index in [0.717, 1.165) is 16.7 Å². The van der Waals surface area contributed by atoms with E-state index in [1.54, 1.807) is 12.3 Å². The van der Waals surface area contributed by atoms with Gasteiger partial charge in [0.05, 0.1) is 11.9 Å². The summed E-state index contributed by atoms with van der Waals surface area (Å²) in [6, 6.07) is 11.9. The summed E-state index contributed by atoms with van der Waals surface area (Å²) in [4.78, 5) is 17.4. The number of benzene rings is 1. The second kappa shape index (κ2) is 5.97. The zero-order valence-corrected chi connectivity index (χ0v) is 12.5. The predicted molar refractivity (Wildman–Crippen MR) is 80.5 cm³/mol. The van der Waals surface area contributed by atoms with E-state index in [4.69, 9.17) is 0 Å². The topological polar surface area (TPSA) is 33.2 Å². The van der Waals surface area contributed by atoms with Gasteiger partial charge in [0.15, 0.2) is 5.78 Å². The lowest BCUT2D eigenvalue weighted by atomic mass is 10.2. The van der Waals surface area contributed by atoms with Gasteiger partial charge in [-0.05, 0) is 29.8 Å². The highest BCUT2D eigenvalue weighted by Gasteiger charge is 2.05. The standard InChI is InChI=1S/C15H15BrN2O/c1-11(19)15-7-6-14(9-17-15)18(2)10-12-4-3-5-13(16)8-12/h3-9H,10H2,1-2H3. The molecule has 0 unspecified atom stereocenters. The zero-order chi connectivity index (χ0) is 13.8. The van der Waals surface area contributed by atoms with Crippen LogP contribution in [0, 0.1) is 0 Å². The fraction of sp³-hybridized carbons (Fsp3) is 0.200. The summed E-state index contributed by atoms with van der Waals surface area (Å²) in [5.41, 5.74) is 2.71. The Labute approximate surface area is 121 Å². The molecule has 0 aliphatic carbocycles. The number of Topliss-reactive ketones (excluding diaryl/α,β-unsaturated/α-hetero) is 1. The average Bonchev–Trinajstić information content (AvgIpc) is 2.39. The summed E-state index contributed by atoms with van der Waals surface area (Å²) in [5.74, 6) is -0.0128. The van der Waals surface area contributed by atoms with Crippen molar-refractivity contribution >= 4 is 27.4 Å². The summed E-state index contributed by atoms with van der Waals surface area (Å²) in [7, 11) is 2.01. The van der Waals surface area contributed by atoms with E-state index in [2.05, 4.69) is 37.9 Å². The molecular formula is C15H15BrN2O. The molecule has 0 aliphatic heterocycles. The monoisotopic (exact) mass is 318 g/mol. The molecule has 0 atom stereocenters. The third kappa shape index (κ3) is 3.64. The van der Waals surface area contributed by atoms with Crippen LogP contribution in [0.2, 0.25) is 0 Å². The number of hydrogen-bond acceptors (Lipinski definition) is 3. The number of carbonyl (C=O) groups is 1. The van der Waals surface area contributed by atoms with Crippen LogP contribution in [-0.2, 0) is 6.54 Å². The Bertz CT molecular complexity index is 581. The van der Waals surface area contributed by atoms with E-state index in [-0.39, 0.29) is 5.78 Å². The van der Waals surface area contributed by atoms with Gasteiger partial charge in [-0.3, -0.25) is 9.78 Å². The van der Waals surface area contributed by atoms with E-state index >= 15 is 0 Å². The number of aromatic nitrogens is 1. The number of carbonyl (C=O) groups excluding carboxylic acids is 1. The van der Waals surface area contributed by atoms with Crippen molar-refractivity contribution in [2.75, 3.05) is 11.9 Å². The number of pyridine rings is 1. The normalized spacial score (nSPS) is 10.3. The Morgan fingerprint density at radius 2 is 2.11 bits per heavy atom. The van der Waals surface area contributed by atoms with Crippen LogP contribution in [0.4, 0.5) is 5.69 Å². The van der Waals surface area contributed by atoms with Gasteiger partial charge >= 0.3 is 0 Å². The molecule has 98 valence electrons.